The molecule has 0 amide bonds. The van der Waals surface area contributed by atoms with Gasteiger partial charge in [-0.15, -0.1) is 11.3 Å². The Bertz CT molecular complexity index is 355. The molecular formula is C8H6BrNOS. The minimum Gasteiger partial charge on any atom is -0.429 e. The van der Waals surface area contributed by atoms with Gasteiger partial charge in [-0.3, -0.25) is 0 Å². The van der Waals surface area contributed by atoms with Gasteiger partial charge in [0, 0.05) is 4.88 Å². The number of hydrogen-bond acceptors (Lipinski definition) is 3. The van der Waals surface area contributed by atoms with Crippen LogP contribution in [0.5, 0.6) is 0 Å². The number of aryl methyl sites for hydroxylation is 1. The fourth-order valence-corrected chi connectivity index (χ4v) is 1.97. The van der Waals surface area contributed by atoms with Crippen molar-refractivity contribution in [1.82, 2.24) is 4.98 Å². The van der Waals surface area contributed by atoms with Crippen LogP contribution in [0.1, 0.15) is 4.88 Å². The third-order valence-electron chi connectivity index (χ3n) is 1.43. The molecule has 4 heteroatoms. The highest BCUT2D eigenvalue weighted by molar-refractivity contribution is 9.10. The molecule has 0 bridgehead atoms. The Morgan fingerprint density at radius 2 is 2.33 bits per heavy atom. The van der Waals surface area contributed by atoms with E-state index in [0.29, 0.717) is 10.6 Å². The molecule has 0 spiro atoms. The summed E-state index contributed by atoms with van der Waals surface area (Å²) in [6.07, 6.45) is 1.66. The van der Waals surface area contributed by atoms with E-state index in [-0.39, 0.29) is 0 Å². The van der Waals surface area contributed by atoms with Crippen LogP contribution in [0.15, 0.2) is 27.4 Å². The lowest BCUT2D eigenvalue weighted by atomic mass is 10.4. The summed E-state index contributed by atoms with van der Waals surface area (Å²) in [7, 11) is 0. The van der Waals surface area contributed by atoms with E-state index in [0.717, 1.165) is 4.88 Å². The fourth-order valence-electron chi connectivity index (χ4n) is 0.918. The molecule has 0 saturated carbocycles. The largest absolute Gasteiger partial charge is 0.429 e. The molecule has 0 aliphatic heterocycles. The van der Waals surface area contributed by atoms with Gasteiger partial charge in [0.25, 0.3) is 0 Å². The summed E-state index contributed by atoms with van der Waals surface area (Å²) < 4.78 is 5.97. The van der Waals surface area contributed by atoms with E-state index >= 15 is 0 Å². The van der Waals surface area contributed by atoms with E-state index < -0.39 is 0 Å². The molecule has 0 aliphatic carbocycles. The number of hydrogen-bond donors (Lipinski definition) is 0. The summed E-state index contributed by atoms with van der Waals surface area (Å²) in [6, 6.07) is 4.07. The van der Waals surface area contributed by atoms with Crippen LogP contribution in [-0.4, -0.2) is 4.98 Å². The van der Waals surface area contributed by atoms with Crippen LogP contribution in [0, 0.1) is 6.92 Å². The second-order valence-electron chi connectivity index (χ2n) is 2.38. The van der Waals surface area contributed by atoms with Gasteiger partial charge in [-0.25, -0.2) is 4.98 Å². The highest BCUT2D eigenvalue weighted by Crippen LogP contribution is 2.28. The highest BCUT2D eigenvalue weighted by Gasteiger charge is 2.06. The second kappa shape index (κ2) is 3.03. The van der Waals surface area contributed by atoms with Crippen LogP contribution < -0.4 is 0 Å². The van der Waals surface area contributed by atoms with E-state index in [9.17, 15) is 0 Å². The van der Waals surface area contributed by atoms with Gasteiger partial charge in [0.2, 0.25) is 5.89 Å². The summed E-state index contributed by atoms with van der Waals surface area (Å²) in [4.78, 5) is 6.43. The molecule has 2 nitrogen and oxygen atoms in total. The number of thiophene rings is 1. The molecule has 0 unspecified atom stereocenters. The lowest BCUT2D eigenvalue weighted by Gasteiger charge is -1.85. The van der Waals surface area contributed by atoms with Crippen molar-refractivity contribution in [3.05, 3.63) is 27.9 Å². The van der Waals surface area contributed by atoms with E-state index in [1.54, 1.807) is 17.5 Å². The van der Waals surface area contributed by atoms with Crippen molar-refractivity contribution in [3.63, 3.8) is 0 Å². The van der Waals surface area contributed by atoms with Crippen molar-refractivity contribution in [1.29, 1.82) is 0 Å². The average molecular weight is 244 g/mol. The molecular weight excluding hydrogens is 238 g/mol. The van der Waals surface area contributed by atoms with Crippen molar-refractivity contribution in [3.8, 4) is 10.8 Å². The van der Waals surface area contributed by atoms with Gasteiger partial charge in [0.1, 0.15) is 0 Å². The smallest absolute Gasteiger partial charge is 0.237 e. The Kier molecular flexibility index (Phi) is 2.02. The van der Waals surface area contributed by atoms with Gasteiger partial charge in [0.05, 0.1) is 11.1 Å². The molecule has 2 heterocycles. The van der Waals surface area contributed by atoms with E-state index in [1.807, 2.05) is 6.07 Å². The maximum Gasteiger partial charge on any atom is 0.237 e. The summed E-state index contributed by atoms with van der Waals surface area (Å²) in [5, 5.41) is 0. The van der Waals surface area contributed by atoms with Crippen LogP contribution in [0.3, 0.4) is 0 Å². The predicted molar refractivity (Wildman–Crippen MR) is 52.3 cm³/mol. The predicted octanol–water partition coefficient (Wildman–Crippen LogP) is 3.47. The van der Waals surface area contributed by atoms with Crippen LogP contribution in [0.25, 0.3) is 10.8 Å². The van der Waals surface area contributed by atoms with Gasteiger partial charge in [-0.2, -0.15) is 0 Å². The Hall–Kier alpha value is -0.610. The van der Waals surface area contributed by atoms with Crippen LogP contribution in [0.4, 0.5) is 0 Å². The Balaban J connectivity index is 2.43. The normalized spacial score (nSPS) is 10.5. The molecule has 0 aliphatic rings. The monoisotopic (exact) mass is 243 g/mol. The molecule has 0 saturated heterocycles. The van der Waals surface area contributed by atoms with Gasteiger partial charge in [-0.1, -0.05) is 0 Å². The number of rotatable bonds is 1. The van der Waals surface area contributed by atoms with Gasteiger partial charge < -0.3 is 4.42 Å². The van der Waals surface area contributed by atoms with E-state index in [1.165, 1.54) is 4.88 Å². The Morgan fingerprint density at radius 1 is 1.50 bits per heavy atom. The number of aromatic nitrogens is 1. The molecule has 0 atom stereocenters. The fraction of sp³-hybridized carbons (Fsp3) is 0.125. The maximum atomic E-state index is 5.30. The van der Waals surface area contributed by atoms with Crippen molar-refractivity contribution in [2.45, 2.75) is 6.92 Å². The molecule has 0 N–H and O–H groups in total. The van der Waals surface area contributed by atoms with Gasteiger partial charge in [-0.05, 0) is 35.0 Å². The zero-order chi connectivity index (χ0) is 8.55. The van der Waals surface area contributed by atoms with E-state index in [2.05, 4.69) is 33.9 Å². The summed E-state index contributed by atoms with van der Waals surface area (Å²) in [5.74, 6) is 0.681. The average Bonchev–Trinajstić information content (AvgIpc) is 2.58. The topological polar surface area (TPSA) is 26.0 Å². The van der Waals surface area contributed by atoms with Crippen molar-refractivity contribution >= 4 is 27.3 Å². The molecule has 2 aromatic rings. The van der Waals surface area contributed by atoms with Crippen LogP contribution in [-0.2, 0) is 0 Å². The Labute approximate surface area is 82.4 Å². The molecule has 12 heavy (non-hydrogen) atoms. The SMILES string of the molecule is Cc1ccc(-c2ncc(Br)o2)s1. The lowest BCUT2D eigenvalue weighted by molar-refractivity contribution is 0.551. The van der Waals surface area contributed by atoms with Crippen LogP contribution >= 0.6 is 27.3 Å². The van der Waals surface area contributed by atoms with Gasteiger partial charge >= 0.3 is 0 Å². The first-order valence-corrected chi connectivity index (χ1v) is 5.05. The number of halogens is 1. The minimum absolute atomic E-state index is 0.670. The summed E-state index contributed by atoms with van der Waals surface area (Å²) in [6.45, 7) is 2.06. The van der Waals surface area contributed by atoms with Gasteiger partial charge in [0.15, 0.2) is 4.67 Å². The molecule has 2 aromatic heterocycles. The van der Waals surface area contributed by atoms with Crippen molar-refractivity contribution < 1.29 is 4.42 Å². The first kappa shape index (κ1) is 8.01. The Morgan fingerprint density at radius 3 is 2.83 bits per heavy atom. The number of oxazole rings is 1. The summed E-state index contributed by atoms with van der Waals surface area (Å²) >= 11 is 4.89. The lowest BCUT2D eigenvalue weighted by Crippen LogP contribution is -1.66. The first-order chi connectivity index (χ1) is 5.75. The highest BCUT2D eigenvalue weighted by atomic mass is 79.9. The first-order valence-electron chi connectivity index (χ1n) is 3.44. The molecule has 0 aromatic carbocycles. The zero-order valence-corrected chi connectivity index (χ0v) is 8.78. The minimum atomic E-state index is 0.670. The van der Waals surface area contributed by atoms with Crippen molar-refractivity contribution in [2.24, 2.45) is 0 Å². The second-order valence-corrected chi connectivity index (χ2v) is 4.45. The molecule has 0 radical (unpaired) electrons. The third kappa shape index (κ3) is 1.44. The molecule has 62 valence electrons. The van der Waals surface area contributed by atoms with Crippen molar-refractivity contribution in [2.75, 3.05) is 0 Å². The maximum absolute atomic E-state index is 5.30. The molecule has 2 rings (SSSR count). The standard InChI is InChI=1S/C8H6BrNOS/c1-5-2-3-6(12-5)8-10-4-7(9)11-8/h2-4H,1H3. The number of nitrogens with zero attached hydrogens (tertiary/aromatic N) is 1. The van der Waals surface area contributed by atoms with E-state index in [4.69, 9.17) is 4.42 Å². The third-order valence-corrected chi connectivity index (χ3v) is 2.78. The summed E-state index contributed by atoms with van der Waals surface area (Å²) in [5.41, 5.74) is 0. The quantitative estimate of drug-likeness (QED) is 0.767. The molecule has 0 fully saturated rings. The van der Waals surface area contributed by atoms with Crippen LogP contribution in [0.2, 0.25) is 0 Å². The zero-order valence-electron chi connectivity index (χ0n) is 6.37.